The summed E-state index contributed by atoms with van der Waals surface area (Å²) in [6.07, 6.45) is 4.19. The maximum Gasteiger partial charge on any atom is 0.306 e. The number of nitrogens with zero attached hydrogens (tertiary/aromatic N) is 1. The molecule has 1 heterocycles. The van der Waals surface area contributed by atoms with Crippen molar-refractivity contribution in [2.24, 2.45) is 11.8 Å². The SMILES string of the molecule is O=C(O)C1CCCC(C(=O)NCc2cccc(CN3CCCC3=O)c2)C1. The highest BCUT2D eigenvalue weighted by Crippen LogP contribution is 2.29. The van der Waals surface area contributed by atoms with Crippen LogP contribution in [0.3, 0.4) is 0 Å². The zero-order valence-electron chi connectivity index (χ0n) is 14.9. The molecule has 1 aliphatic heterocycles. The molecule has 2 atom stereocenters. The maximum absolute atomic E-state index is 12.4. The molecular weight excluding hydrogens is 332 g/mol. The molecule has 1 aliphatic carbocycles. The van der Waals surface area contributed by atoms with Gasteiger partial charge in [-0.3, -0.25) is 14.4 Å². The molecule has 2 aliphatic rings. The van der Waals surface area contributed by atoms with Gasteiger partial charge in [-0.1, -0.05) is 30.7 Å². The number of nitrogens with one attached hydrogen (secondary N) is 1. The second kappa shape index (κ2) is 8.34. The first kappa shape index (κ1) is 18.4. The van der Waals surface area contributed by atoms with E-state index in [1.807, 2.05) is 29.2 Å². The van der Waals surface area contributed by atoms with Crippen LogP contribution in [0.2, 0.25) is 0 Å². The molecule has 2 unspecified atom stereocenters. The zero-order chi connectivity index (χ0) is 18.5. The van der Waals surface area contributed by atoms with E-state index in [9.17, 15) is 14.4 Å². The van der Waals surface area contributed by atoms with Crippen molar-refractivity contribution in [3.05, 3.63) is 35.4 Å². The summed E-state index contributed by atoms with van der Waals surface area (Å²) >= 11 is 0. The van der Waals surface area contributed by atoms with Gasteiger partial charge in [0.15, 0.2) is 0 Å². The molecular formula is C20H26N2O4. The lowest BCUT2D eigenvalue weighted by molar-refractivity contribution is -0.144. The second-order valence-corrected chi connectivity index (χ2v) is 7.36. The van der Waals surface area contributed by atoms with Crippen LogP contribution >= 0.6 is 0 Å². The fourth-order valence-corrected chi connectivity index (χ4v) is 3.92. The number of carbonyl (C=O) groups is 3. The van der Waals surface area contributed by atoms with Gasteiger partial charge in [0.1, 0.15) is 0 Å². The Bertz CT molecular complexity index is 688. The Labute approximate surface area is 153 Å². The number of hydrogen-bond acceptors (Lipinski definition) is 3. The molecule has 1 saturated carbocycles. The van der Waals surface area contributed by atoms with Gasteiger partial charge in [0, 0.05) is 32.0 Å². The molecule has 6 heteroatoms. The van der Waals surface area contributed by atoms with E-state index in [0.29, 0.717) is 32.4 Å². The molecule has 1 aromatic rings. The van der Waals surface area contributed by atoms with Crippen molar-refractivity contribution in [3.8, 4) is 0 Å². The van der Waals surface area contributed by atoms with E-state index in [1.54, 1.807) is 0 Å². The molecule has 0 radical (unpaired) electrons. The number of hydrogen-bond donors (Lipinski definition) is 2. The van der Waals surface area contributed by atoms with E-state index in [4.69, 9.17) is 5.11 Å². The van der Waals surface area contributed by atoms with Crippen LogP contribution in [0.15, 0.2) is 24.3 Å². The Hall–Kier alpha value is -2.37. The number of aliphatic carboxylic acids is 1. The summed E-state index contributed by atoms with van der Waals surface area (Å²) in [6.45, 7) is 1.85. The van der Waals surface area contributed by atoms with Crippen LogP contribution < -0.4 is 5.32 Å². The van der Waals surface area contributed by atoms with Crippen molar-refractivity contribution >= 4 is 17.8 Å². The Balaban J connectivity index is 1.52. The van der Waals surface area contributed by atoms with Crippen molar-refractivity contribution in [3.63, 3.8) is 0 Å². The Kier molecular flexibility index (Phi) is 5.91. The monoisotopic (exact) mass is 358 g/mol. The first-order valence-electron chi connectivity index (χ1n) is 9.39. The van der Waals surface area contributed by atoms with Gasteiger partial charge in [-0.05, 0) is 36.8 Å². The Morgan fingerprint density at radius 3 is 2.65 bits per heavy atom. The van der Waals surface area contributed by atoms with Crippen LogP contribution in [0.4, 0.5) is 0 Å². The molecule has 1 saturated heterocycles. The van der Waals surface area contributed by atoms with Gasteiger partial charge in [-0.15, -0.1) is 0 Å². The van der Waals surface area contributed by atoms with Crippen LogP contribution in [0.5, 0.6) is 0 Å². The quantitative estimate of drug-likeness (QED) is 0.817. The number of carbonyl (C=O) groups excluding carboxylic acids is 2. The molecule has 0 spiro atoms. The van der Waals surface area contributed by atoms with Gasteiger partial charge in [0.05, 0.1) is 5.92 Å². The number of amides is 2. The van der Waals surface area contributed by atoms with Crippen LogP contribution in [0.1, 0.15) is 49.7 Å². The standard InChI is InChI=1S/C20H26N2O4/c23-18-8-3-9-22(18)13-15-5-1-4-14(10-15)12-21-19(24)16-6-2-7-17(11-16)20(25)26/h1,4-5,10,16-17H,2-3,6-9,11-13H2,(H,21,24)(H,25,26). The van der Waals surface area contributed by atoms with Gasteiger partial charge in [0.2, 0.25) is 11.8 Å². The number of rotatable bonds is 6. The van der Waals surface area contributed by atoms with Crippen molar-refractivity contribution in [2.75, 3.05) is 6.54 Å². The van der Waals surface area contributed by atoms with Gasteiger partial charge < -0.3 is 15.3 Å². The molecule has 6 nitrogen and oxygen atoms in total. The molecule has 1 aromatic carbocycles. The van der Waals surface area contributed by atoms with Crippen molar-refractivity contribution < 1.29 is 19.5 Å². The van der Waals surface area contributed by atoms with Crippen LogP contribution in [-0.2, 0) is 27.5 Å². The Morgan fingerprint density at radius 1 is 1.15 bits per heavy atom. The van der Waals surface area contributed by atoms with Crippen LogP contribution in [-0.4, -0.2) is 34.3 Å². The average Bonchev–Trinajstić information content (AvgIpc) is 3.05. The third-order valence-electron chi connectivity index (χ3n) is 5.40. The van der Waals surface area contributed by atoms with Gasteiger partial charge >= 0.3 is 5.97 Å². The summed E-state index contributed by atoms with van der Waals surface area (Å²) < 4.78 is 0. The lowest BCUT2D eigenvalue weighted by Gasteiger charge is -2.25. The average molecular weight is 358 g/mol. The summed E-state index contributed by atoms with van der Waals surface area (Å²) in [5, 5.41) is 12.1. The molecule has 2 N–H and O–H groups in total. The molecule has 26 heavy (non-hydrogen) atoms. The van der Waals surface area contributed by atoms with Crippen molar-refractivity contribution in [1.29, 1.82) is 0 Å². The van der Waals surface area contributed by atoms with Crippen LogP contribution in [0, 0.1) is 11.8 Å². The summed E-state index contributed by atoms with van der Waals surface area (Å²) in [6, 6.07) is 7.91. The second-order valence-electron chi connectivity index (χ2n) is 7.36. The fourth-order valence-electron chi connectivity index (χ4n) is 3.92. The van der Waals surface area contributed by atoms with Gasteiger partial charge in [0.25, 0.3) is 0 Å². The Morgan fingerprint density at radius 2 is 1.92 bits per heavy atom. The highest BCUT2D eigenvalue weighted by Gasteiger charge is 2.30. The highest BCUT2D eigenvalue weighted by atomic mass is 16.4. The molecule has 3 rings (SSSR count). The highest BCUT2D eigenvalue weighted by molar-refractivity contribution is 5.80. The van der Waals surface area contributed by atoms with E-state index in [0.717, 1.165) is 36.9 Å². The smallest absolute Gasteiger partial charge is 0.306 e. The number of likely N-dealkylation sites (tertiary alicyclic amines) is 1. The van der Waals surface area contributed by atoms with Gasteiger partial charge in [-0.25, -0.2) is 0 Å². The third kappa shape index (κ3) is 4.62. The molecule has 2 fully saturated rings. The fraction of sp³-hybridized carbons (Fsp3) is 0.550. The van der Waals surface area contributed by atoms with Crippen molar-refractivity contribution in [2.45, 2.75) is 51.6 Å². The molecule has 0 bridgehead atoms. The lowest BCUT2D eigenvalue weighted by atomic mass is 9.81. The van der Waals surface area contributed by atoms with Gasteiger partial charge in [-0.2, -0.15) is 0 Å². The topological polar surface area (TPSA) is 86.7 Å². The van der Waals surface area contributed by atoms with E-state index < -0.39 is 11.9 Å². The predicted octanol–water partition coefficient (Wildman–Crippen LogP) is 2.32. The summed E-state index contributed by atoms with van der Waals surface area (Å²) in [5.74, 6) is -1.27. The maximum atomic E-state index is 12.4. The van der Waals surface area contributed by atoms with Crippen LogP contribution in [0.25, 0.3) is 0 Å². The van der Waals surface area contributed by atoms with E-state index in [1.165, 1.54) is 0 Å². The summed E-state index contributed by atoms with van der Waals surface area (Å²) in [7, 11) is 0. The number of carboxylic acid groups (broad SMARTS) is 1. The minimum atomic E-state index is -0.799. The minimum absolute atomic E-state index is 0.0592. The predicted molar refractivity (Wildman–Crippen MR) is 96.0 cm³/mol. The van der Waals surface area contributed by atoms with E-state index in [-0.39, 0.29) is 17.7 Å². The first-order valence-corrected chi connectivity index (χ1v) is 9.39. The normalized spacial score (nSPS) is 23.1. The largest absolute Gasteiger partial charge is 0.481 e. The lowest BCUT2D eigenvalue weighted by Crippen LogP contribution is -2.35. The van der Waals surface area contributed by atoms with Crippen molar-refractivity contribution in [1.82, 2.24) is 10.2 Å². The number of carboxylic acids is 1. The minimum Gasteiger partial charge on any atom is -0.481 e. The van der Waals surface area contributed by atoms with E-state index in [2.05, 4.69) is 5.32 Å². The zero-order valence-corrected chi connectivity index (χ0v) is 14.9. The number of benzene rings is 1. The van der Waals surface area contributed by atoms with E-state index >= 15 is 0 Å². The molecule has 140 valence electrons. The third-order valence-corrected chi connectivity index (χ3v) is 5.40. The summed E-state index contributed by atoms with van der Waals surface area (Å²) in [4.78, 5) is 37.2. The molecule has 0 aromatic heterocycles. The molecule has 2 amide bonds. The summed E-state index contributed by atoms with van der Waals surface area (Å²) in [5.41, 5.74) is 2.06. The first-order chi connectivity index (χ1) is 12.5.